The maximum Gasteiger partial charge on any atom is 0.129 e. The first-order valence-electron chi connectivity index (χ1n) is 10.6. The van der Waals surface area contributed by atoms with Gasteiger partial charge in [-0.15, -0.1) is 0 Å². The van der Waals surface area contributed by atoms with Gasteiger partial charge in [0.05, 0.1) is 11.8 Å². The molecule has 0 N–H and O–H groups in total. The summed E-state index contributed by atoms with van der Waals surface area (Å²) in [6, 6.07) is 8.21. The lowest BCUT2D eigenvalue weighted by atomic mass is 10.00. The Bertz CT molecular complexity index is 1130. The van der Waals surface area contributed by atoms with Crippen molar-refractivity contribution < 1.29 is 17.9 Å². The molecule has 0 saturated heterocycles. The highest BCUT2D eigenvalue weighted by molar-refractivity contribution is 5.65. The number of nitrogens with zero attached hydrogens (tertiary/aromatic N) is 3. The Hall–Kier alpha value is -2.64. The monoisotopic (exact) mass is 427 g/mol. The predicted molar refractivity (Wildman–Crippen MR) is 111 cm³/mol. The fraction of sp³-hybridized carbons (Fsp3) is 0.375. The topological polar surface area (TPSA) is 30.3 Å². The minimum atomic E-state index is -0.602. The Kier molecular flexibility index (Phi) is 5.10. The van der Waals surface area contributed by atoms with Gasteiger partial charge in [0.15, 0.2) is 0 Å². The van der Waals surface area contributed by atoms with Crippen LogP contribution in [0.1, 0.15) is 35.3 Å². The molecule has 0 radical (unpaired) electrons. The Labute approximate surface area is 179 Å². The number of benzene rings is 2. The van der Waals surface area contributed by atoms with E-state index in [2.05, 4.69) is 11.8 Å². The van der Waals surface area contributed by atoms with Crippen LogP contribution < -0.4 is 0 Å². The zero-order valence-corrected chi connectivity index (χ0v) is 17.5. The van der Waals surface area contributed by atoms with Crippen LogP contribution in [0.25, 0.3) is 11.3 Å². The second-order valence-electron chi connectivity index (χ2n) is 8.22. The van der Waals surface area contributed by atoms with Crippen molar-refractivity contribution in [2.45, 2.75) is 38.5 Å². The van der Waals surface area contributed by atoms with E-state index in [-0.39, 0.29) is 11.9 Å². The second kappa shape index (κ2) is 7.80. The van der Waals surface area contributed by atoms with E-state index in [1.165, 1.54) is 18.2 Å². The van der Waals surface area contributed by atoms with Crippen LogP contribution in [0.5, 0.6) is 0 Å². The van der Waals surface area contributed by atoms with E-state index in [0.29, 0.717) is 17.5 Å². The van der Waals surface area contributed by atoms with Crippen LogP contribution in [-0.4, -0.2) is 41.0 Å². The number of fused-ring (bicyclic) bond motifs is 2. The van der Waals surface area contributed by atoms with E-state index in [1.807, 2.05) is 4.68 Å². The molecule has 0 unspecified atom stereocenters. The van der Waals surface area contributed by atoms with E-state index >= 15 is 0 Å². The number of halogens is 3. The highest BCUT2D eigenvalue weighted by Crippen LogP contribution is 2.41. The fourth-order valence-corrected chi connectivity index (χ4v) is 4.96. The largest absolute Gasteiger partial charge is 0.379 e. The molecule has 162 valence electrons. The fourth-order valence-electron chi connectivity index (χ4n) is 4.96. The number of hydrogen-bond acceptors (Lipinski definition) is 3. The van der Waals surface area contributed by atoms with Crippen LogP contribution in [0.3, 0.4) is 0 Å². The first-order chi connectivity index (χ1) is 15.0. The van der Waals surface area contributed by atoms with Crippen molar-refractivity contribution in [3.63, 3.8) is 0 Å². The van der Waals surface area contributed by atoms with Crippen molar-refractivity contribution in [1.29, 1.82) is 0 Å². The van der Waals surface area contributed by atoms with Crippen molar-refractivity contribution >= 4 is 0 Å². The van der Waals surface area contributed by atoms with E-state index in [4.69, 9.17) is 9.84 Å². The Morgan fingerprint density at radius 2 is 1.84 bits per heavy atom. The van der Waals surface area contributed by atoms with Gasteiger partial charge < -0.3 is 4.74 Å². The zero-order chi connectivity index (χ0) is 21.7. The number of likely N-dealkylation sites (N-methyl/N-ethyl adjacent to an activating group) is 1. The highest BCUT2D eigenvalue weighted by atomic mass is 19.1. The SMILES string of the molecule is CCN1CCc2c(c(-c3ccc(F)cc3)nn2[C@@H]2c3cc(F)cc(F)c3C[C@H]2OC)C1. The smallest absolute Gasteiger partial charge is 0.129 e. The van der Waals surface area contributed by atoms with Gasteiger partial charge in [-0.25, -0.2) is 13.2 Å². The Morgan fingerprint density at radius 1 is 1.06 bits per heavy atom. The van der Waals surface area contributed by atoms with Crippen LogP contribution in [-0.2, 0) is 24.1 Å². The summed E-state index contributed by atoms with van der Waals surface area (Å²) < 4.78 is 49.8. The molecule has 0 fully saturated rings. The van der Waals surface area contributed by atoms with E-state index < -0.39 is 17.7 Å². The van der Waals surface area contributed by atoms with E-state index in [1.54, 1.807) is 19.2 Å². The zero-order valence-electron chi connectivity index (χ0n) is 17.5. The van der Waals surface area contributed by atoms with Crippen molar-refractivity contribution in [1.82, 2.24) is 14.7 Å². The second-order valence-corrected chi connectivity index (χ2v) is 8.22. The molecule has 4 nitrogen and oxygen atoms in total. The summed E-state index contributed by atoms with van der Waals surface area (Å²) in [7, 11) is 1.59. The summed E-state index contributed by atoms with van der Waals surface area (Å²) in [5.74, 6) is -1.45. The van der Waals surface area contributed by atoms with Crippen molar-refractivity contribution in [3.8, 4) is 11.3 Å². The minimum absolute atomic E-state index is 0.303. The molecule has 31 heavy (non-hydrogen) atoms. The lowest BCUT2D eigenvalue weighted by Gasteiger charge is -2.28. The third kappa shape index (κ3) is 3.36. The third-order valence-corrected chi connectivity index (χ3v) is 6.57. The van der Waals surface area contributed by atoms with Crippen LogP contribution in [0.15, 0.2) is 36.4 Å². The van der Waals surface area contributed by atoms with Crippen molar-refractivity contribution in [3.05, 3.63) is 76.2 Å². The van der Waals surface area contributed by atoms with Crippen LogP contribution in [0, 0.1) is 17.5 Å². The van der Waals surface area contributed by atoms with Crippen LogP contribution in [0.4, 0.5) is 13.2 Å². The van der Waals surface area contributed by atoms with Crippen molar-refractivity contribution in [2.24, 2.45) is 0 Å². The van der Waals surface area contributed by atoms with Gasteiger partial charge in [-0.1, -0.05) is 6.92 Å². The van der Waals surface area contributed by atoms with Crippen molar-refractivity contribution in [2.75, 3.05) is 20.2 Å². The molecule has 2 aromatic carbocycles. The molecule has 0 bridgehead atoms. The number of aromatic nitrogens is 2. The molecule has 2 heterocycles. The van der Waals surface area contributed by atoms with Gasteiger partial charge in [0.2, 0.25) is 0 Å². The molecule has 1 aromatic heterocycles. The number of methoxy groups -OCH3 is 1. The first-order valence-corrected chi connectivity index (χ1v) is 10.6. The lowest BCUT2D eigenvalue weighted by Crippen LogP contribution is -2.33. The maximum atomic E-state index is 14.5. The standard InChI is InChI=1S/C24H24F3N3O/c1-3-29-9-8-21-19(13-29)23(14-4-6-15(25)7-5-14)28-30(21)24-18-10-16(26)11-20(27)17(18)12-22(24)31-2/h4-7,10-11,22,24H,3,8-9,12-13H2,1-2H3/t22-,24-/m1/s1. The quantitative estimate of drug-likeness (QED) is 0.614. The molecular formula is C24H24F3N3O. The van der Waals surface area contributed by atoms with Gasteiger partial charge in [0, 0.05) is 55.9 Å². The lowest BCUT2D eigenvalue weighted by molar-refractivity contribution is 0.0753. The number of ether oxygens (including phenoxy) is 1. The molecule has 7 heteroatoms. The predicted octanol–water partition coefficient (Wildman–Crippen LogP) is 4.51. The Morgan fingerprint density at radius 3 is 2.55 bits per heavy atom. The maximum absolute atomic E-state index is 14.5. The average Bonchev–Trinajstić information content (AvgIpc) is 3.32. The third-order valence-electron chi connectivity index (χ3n) is 6.57. The molecule has 2 aliphatic rings. The molecule has 0 spiro atoms. The minimum Gasteiger partial charge on any atom is -0.379 e. The molecular weight excluding hydrogens is 403 g/mol. The summed E-state index contributed by atoms with van der Waals surface area (Å²) in [5.41, 5.74) is 4.81. The van der Waals surface area contributed by atoms with Crippen LogP contribution >= 0.6 is 0 Å². The molecule has 5 rings (SSSR count). The number of rotatable bonds is 4. The first kappa shape index (κ1) is 20.3. The van der Waals surface area contributed by atoms with Gasteiger partial charge in [-0.05, 0) is 48.0 Å². The average molecular weight is 427 g/mol. The summed E-state index contributed by atoms with van der Waals surface area (Å²) in [6.45, 7) is 4.64. The highest BCUT2D eigenvalue weighted by Gasteiger charge is 2.40. The summed E-state index contributed by atoms with van der Waals surface area (Å²) in [5, 5.41) is 4.94. The molecule has 0 amide bonds. The Balaban J connectivity index is 1.69. The van der Waals surface area contributed by atoms with Gasteiger partial charge in [-0.2, -0.15) is 5.10 Å². The molecule has 3 aromatic rings. The molecule has 1 aliphatic heterocycles. The summed E-state index contributed by atoms with van der Waals surface area (Å²) in [6.07, 6.45) is 0.794. The molecule has 1 aliphatic carbocycles. The molecule has 0 saturated carbocycles. The van der Waals surface area contributed by atoms with Gasteiger partial charge in [-0.3, -0.25) is 9.58 Å². The summed E-state index contributed by atoms with van der Waals surface area (Å²) >= 11 is 0. The van der Waals surface area contributed by atoms with Crippen LogP contribution in [0.2, 0.25) is 0 Å². The van der Waals surface area contributed by atoms with Gasteiger partial charge in [0.1, 0.15) is 23.5 Å². The summed E-state index contributed by atoms with van der Waals surface area (Å²) in [4.78, 5) is 2.33. The molecule has 2 atom stereocenters. The van der Waals surface area contributed by atoms with Gasteiger partial charge >= 0.3 is 0 Å². The van der Waals surface area contributed by atoms with Gasteiger partial charge in [0.25, 0.3) is 0 Å². The van der Waals surface area contributed by atoms with E-state index in [0.717, 1.165) is 54.6 Å². The normalized spacial score (nSPS) is 20.7. The van der Waals surface area contributed by atoms with E-state index in [9.17, 15) is 13.2 Å². The number of hydrogen-bond donors (Lipinski definition) is 0.